The quantitative estimate of drug-likeness (QED) is 0.457. The van der Waals surface area contributed by atoms with Crippen LogP contribution in [0.3, 0.4) is 0 Å². The molecule has 0 fully saturated rings. The second kappa shape index (κ2) is 10.9. The summed E-state index contributed by atoms with van der Waals surface area (Å²) in [6.07, 6.45) is 3.01. The summed E-state index contributed by atoms with van der Waals surface area (Å²) in [5.74, 6) is 0. The first-order chi connectivity index (χ1) is 13.5. The Kier molecular flexibility index (Phi) is 8.93. The van der Waals surface area contributed by atoms with Crippen LogP contribution in [0.15, 0.2) is 36.7 Å². The van der Waals surface area contributed by atoms with E-state index in [9.17, 15) is 0 Å². The highest BCUT2D eigenvalue weighted by atomic mass is 35.5. The minimum absolute atomic E-state index is 0.229. The highest BCUT2D eigenvalue weighted by Crippen LogP contribution is 2.36. The highest BCUT2D eigenvalue weighted by molar-refractivity contribution is 6.73. The van der Waals surface area contributed by atoms with Crippen LogP contribution in [0.5, 0.6) is 0 Å². The summed E-state index contributed by atoms with van der Waals surface area (Å²) in [4.78, 5) is 4.07. The molecule has 0 amide bonds. The van der Waals surface area contributed by atoms with Crippen molar-refractivity contribution in [3.05, 3.63) is 63.4 Å². The van der Waals surface area contributed by atoms with Gasteiger partial charge in [-0.15, -0.1) is 0 Å². The van der Waals surface area contributed by atoms with Gasteiger partial charge in [-0.05, 0) is 35.8 Å². The molecule has 0 aliphatic carbocycles. The van der Waals surface area contributed by atoms with Crippen LogP contribution < -0.4 is 5.32 Å². The molecule has 1 atom stereocenters. The highest BCUT2D eigenvalue weighted by Gasteiger charge is 2.34. The Morgan fingerprint density at radius 3 is 2.14 bits per heavy atom. The van der Waals surface area contributed by atoms with Crippen molar-refractivity contribution < 1.29 is 4.43 Å². The molecule has 0 radical (unpaired) electrons. The predicted molar refractivity (Wildman–Crippen MR) is 118 cm³/mol. The van der Waals surface area contributed by atoms with Crippen molar-refractivity contribution in [2.24, 2.45) is 0 Å². The average Bonchev–Trinajstić information content (AvgIpc) is 2.72. The maximum atomic E-state index is 8.93. The molecule has 150 valence electrons. The van der Waals surface area contributed by atoms with E-state index in [0.717, 1.165) is 29.3 Å². The number of nitriles is 1. The molecule has 0 aliphatic rings. The lowest BCUT2D eigenvalue weighted by Crippen LogP contribution is -2.40. The van der Waals surface area contributed by atoms with Crippen LogP contribution in [0, 0.1) is 11.3 Å². The van der Waals surface area contributed by atoms with Gasteiger partial charge in [-0.2, -0.15) is 5.26 Å². The van der Waals surface area contributed by atoms with E-state index in [1.807, 2.05) is 24.3 Å². The maximum absolute atomic E-state index is 8.93. The summed E-state index contributed by atoms with van der Waals surface area (Å²) >= 11 is 12.9. The lowest BCUT2D eigenvalue weighted by Gasteiger charge is -2.34. The topological polar surface area (TPSA) is 57.9 Å². The van der Waals surface area contributed by atoms with Gasteiger partial charge >= 0.3 is 0 Å². The summed E-state index contributed by atoms with van der Waals surface area (Å²) in [5.41, 5.74) is 2.57. The van der Waals surface area contributed by atoms with Gasteiger partial charge in [-0.25, -0.2) is 0 Å². The number of nitrogens with one attached hydrogen (secondary N) is 1. The van der Waals surface area contributed by atoms with E-state index in [2.05, 4.69) is 37.1 Å². The second-order valence-corrected chi connectivity index (χ2v) is 12.3. The molecule has 0 aliphatic heterocycles. The fourth-order valence-electron chi connectivity index (χ4n) is 3.28. The molecule has 2 aromatic rings. The first kappa shape index (κ1) is 22.9. The van der Waals surface area contributed by atoms with Crippen molar-refractivity contribution in [2.75, 3.05) is 6.54 Å². The fourth-order valence-corrected chi connectivity index (χ4v) is 6.69. The standard InChI is InChI=1S/C21H27Cl2N3OSi/c1-4-28(5-2,6-3)27-20(21-18(22)13-26-14-19(21)23)15-25-12-17-9-7-16(11-24)8-10-17/h7-10,13-14,20,25H,4-6,12,15H2,1-3H3. The zero-order chi connectivity index (χ0) is 20.6. The number of rotatable bonds is 10. The Morgan fingerprint density at radius 2 is 1.64 bits per heavy atom. The molecule has 7 heteroatoms. The van der Waals surface area contributed by atoms with Gasteiger partial charge in [0, 0.05) is 31.0 Å². The fraction of sp³-hybridized carbons (Fsp3) is 0.429. The molecule has 0 saturated heterocycles. The van der Waals surface area contributed by atoms with Gasteiger partial charge in [-0.3, -0.25) is 4.98 Å². The SMILES string of the molecule is CC[Si](CC)(CC)OC(CNCc1ccc(C#N)cc1)c1c(Cl)cncc1Cl. The number of hydrogen-bond acceptors (Lipinski definition) is 4. The summed E-state index contributed by atoms with van der Waals surface area (Å²) in [7, 11) is -1.86. The zero-order valence-corrected chi connectivity index (χ0v) is 19.1. The van der Waals surface area contributed by atoms with E-state index in [4.69, 9.17) is 32.9 Å². The van der Waals surface area contributed by atoms with Gasteiger partial charge in [0.1, 0.15) is 0 Å². The van der Waals surface area contributed by atoms with Crippen molar-refractivity contribution in [3.8, 4) is 6.07 Å². The van der Waals surface area contributed by atoms with Gasteiger partial charge in [-0.1, -0.05) is 56.1 Å². The Bertz CT molecular complexity index is 776. The van der Waals surface area contributed by atoms with Crippen LogP contribution in [-0.4, -0.2) is 19.8 Å². The predicted octanol–water partition coefficient (Wildman–Crippen LogP) is 6.11. The van der Waals surface area contributed by atoms with E-state index in [1.165, 1.54) is 0 Å². The molecule has 0 bridgehead atoms. The number of nitrogens with zero attached hydrogens (tertiary/aromatic N) is 2. The minimum Gasteiger partial charge on any atom is -0.409 e. The van der Waals surface area contributed by atoms with E-state index in [0.29, 0.717) is 28.7 Å². The number of halogens is 2. The molecule has 1 aromatic heterocycles. The number of hydrogen-bond donors (Lipinski definition) is 1. The van der Waals surface area contributed by atoms with Crippen LogP contribution in [0.2, 0.25) is 28.2 Å². The zero-order valence-electron chi connectivity index (χ0n) is 16.6. The minimum atomic E-state index is -1.86. The largest absolute Gasteiger partial charge is 0.409 e. The van der Waals surface area contributed by atoms with Crippen LogP contribution >= 0.6 is 23.2 Å². The Balaban J connectivity index is 2.19. The molecule has 28 heavy (non-hydrogen) atoms. The molecule has 1 aromatic carbocycles. The van der Waals surface area contributed by atoms with Crippen LogP contribution in [-0.2, 0) is 11.0 Å². The van der Waals surface area contributed by atoms with Crippen LogP contribution in [0.4, 0.5) is 0 Å². The summed E-state index contributed by atoms with van der Waals surface area (Å²) < 4.78 is 6.74. The van der Waals surface area contributed by atoms with E-state index >= 15 is 0 Å². The third-order valence-electron chi connectivity index (χ3n) is 5.28. The average molecular weight is 436 g/mol. The third kappa shape index (κ3) is 5.79. The Hall–Kier alpha value is -1.42. The number of benzene rings is 1. The first-order valence-corrected chi connectivity index (χ1v) is 12.9. The molecule has 0 spiro atoms. The molecule has 1 unspecified atom stereocenters. The summed E-state index contributed by atoms with van der Waals surface area (Å²) in [6.45, 7) is 7.88. The van der Waals surface area contributed by atoms with Gasteiger partial charge in [0.05, 0.1) is 27.8 Å². The number of pyridine rings is 1. The van der Waals surface area contributed by atoms with Crippen molar-refractivity contribution in [1.29, 1.82) is 5.26 Å². The number of aromatic nitrogens is 1. The van der Waals surface area contributed by atoms with E-state index in [-0.39, 0.29) is 6.10 Å². The lowest BCUT2D eigenvalue weighted by molar-refractivity contribution is 0.186. The molecular weight excluding hydrogens is 409 g/mol. The smallest absolute Gasteiger partial charge is 0.192 e. The third-order valence-corrected chi connectivity index (χ3v) is 10.5. The van der Waals surface area contributed by atoms with Crippen molar-refractivity contribution in [3.63, 3.8) is 0 Å². The first-order valence-electron chi connectivity index (χ1n) is 9.65. The molecule has 1 heterocycles. The van der Waals surface area contributed by atoms with Crippen molar-refractivity contribution in [1.82, 2.24) is 10.3 Å². The van der Waals surface area contributed by atoms with Gasteiger partial charge in [0.2, 0.25) is 0 Å². The van der Waals surface area contributed by atoms with Gasteiger partial charge in [0.15, 0.2) is 8.32 Å². The lowest BCUT2D eigenvalue weighted by atomic mass is 10.1. The van der Waals surface area contributed by atoms with Crippen molar-refractivity contribution >= 4 is 31.5 Å². The molecular formula is C21H27Cl2N3OSi. The van der Waals surface area contributed by atoms with Crippen LogP contribution in [0.1, 0.15) is 43.6 Å². The second-order valence-electron chi connectivity index (χ2n) is 6.81. The summed E-state index contributed by atoms with van der Waals surface area (Å²) in [5, 5.41) is 13.5. The maximum Gasteiger partial charge on any atom is 0.192 e. The molecule has 0 saturated carbocycles. The Labute approximate surface area is 179 Å². The van der Waals surface area contributed by atoms with Gasteiger partial charge < -0.3 is 9.74 Å². The van der Waals surface area contributed by atoms with Gasteiger partial charge in [0.25, 0.3) is 0 Å². The van der Waals surface area contributed by atoms with E-state index < -0.39 is 8.32 Å². The normalized spacial score (nSPS) is 12.6. The monoisotopic (exact) mass is 435 g/mol. The molecule has 2 rings (SSSR count). The molecule has 1 N–H and O–H groups in total. The van der Waals surface area contributed by atoms with E-state index in [1.54, 1.807) is 12.4 Å². The van der Waals surface area contributed by atoms with Crippen LogP contribution in [0.25, 0.3) is 0 Å². The van der Waals surface area contributed by atoms with Crippen molar-refractivity contribution in [2.45, 2.75) is 51.6 Å². The summed E-state index contributed by atoms with van der Waals surface area (Å²) in [6, 6.07) is 12.8. The molecule has 4 nitrogen and oxygen atoms in total. The Morgan fingerprint density at radius 1 is 1.07 bits per heavy atom.